The summed E-state index contributed by atoms with van der Waals surface area (Å²) in [7, 11) is 0. The molecule has 0 unspecified atom stereocenters. The number of fused-ring (bicyclic) bond motifs is 1. The molecule has 0 saturated carbocycles. The van der Waals surface area contributed by atoms with Crippen LogP contribution in [-0.2, 0) is 4.79 Å². The maximum atomic E-state index is 12.7. The van der Waals surface area contributed by atoms with E-state index in [2.05, 4.69) is 21.6 Å². The minimum atomic E-state index is -0.404. The van der Waals surface area contributed by atoms with Crippen molar-refractivity contribution in [3.63, 3.8) is 0 Å². The van der Waals surface area contributed by atoms with Crippen molar-refractivity contribution in [1.29, 1.82) is 5.41 Å². The van der Waals surface area contributed by atoms with Gasteiger partial charge in [-0.3, -0.25) is 10.2 Å². The van der Waals surface area contributed by atoms with E-state index < -0.39 is 5.91 Å². The largest absolute Gasteiger partial charge is 0.318 e. The number of aryl methyl sites for hydroxylation is 1. The molecule has 1 aromatic heterocycles. The van der Waals surface area contributed by atoms with Crippen LogP contribution in [0.15, 0.2) is 46.0 Å². The highest BCUT2D eigenvalue weighted by molar-refractivity contribution is 8.26. The fourth-order valence-corrected chi connectivity index (χ4v) is 4.67. The Morgan fingerprint density at radius 1 is 1.27 bits per heavy atom. The number of carbonyl (C=O) groups excluding carboxylic acids is 1. The molecule has 0 fully saturated rings. The predicted molar refractivity (Wildman–Crippen MR) is 125 cm³/mol. The van der Waals surface area contributed by atoms with Gasteiger partial charge in [-0.25, -0.2) is 0 Å². The second-order valence-electron chi connectivity index (χ2n) is 7.26. The molecule has 0 radical (unpaired) electrons. The molecule has 0 saturated heterocycles. The Balaban J connectivity index is 1.69. The van der Waals surface area contributed by atoms with Gasteiger partial charge >= 0.3 is 0 Å². The first-order valence-corrected chi connectivity index (χ1v) is 11.0. The lowest BCUT2D eigenvalue weighted by molar-refractivity contribution is -0.114. The molecule has 3 heterocycles. The second-order valence-corrected chi connectivity index (χ2v) is 8.74. The summed E-state index contributed by atoms with van der Waals surface area (Å²) in [6.45, 7) is 6.11. The van der Waals surface area contributed by atoms with Crippen molar-refractivity contribution in [2.45, 2.75) is 40.0 Å². The van der Waals surface area contributed by atoms with Crippen LogP contribution in [-0.4, -0.2) is 31.5 Å². The van der Waals surface area contributed by atoms with Crippen LogP contribution >= 0.6 is 23.4 Å². The molecule has 0 spiro atoms. The van der Waals surface area contributed by atoms with E-state index in [1.165, 1.54) is 16.8 Å². The molecule has 1 N–H and O–H groups in total. The van der Waals surface area contributed by atoms with Crippen LogP contribution < -0.4 is 0 Å². The first-order chi connectivity index (χ1) is 14.4. The fourth-order valence-electron chi connectivity index (χ4n) is 3.56. The zero-order chi connectivity index (χ0) is 21.4. The highest BCUT2D eigenvalue weighted by Gasteiger charge is 2.35. The van der Waals surface area contributed by atoms with Gasteiger partial charge in [0, 0.05) is 22.1 Å². The lowest BCUT2D eigenvalue weighted by atomic mass is 10.1. The zero-order valence-electron chi connectivity index (χ0n) is 17.1. The highest BCUT2D eigenvalue weighted by atomic mass is 35.5. The lowest BCUT2D eigenvalue weighted by Gasteiger charge is -2.20. The molecule has 2 aromatic rings. The quantitative estimate of drug-likeness (QED) is 0.620. The van der Waals surface area contributed by atoms with Crippen LogP contribution in [0.3, 0.4) is 0 Å². The molecule has 2 aliphatic rings. The number of amides is 1. The van der Waals surface area contributed by atoms with Crippen LogP contribution in [0.1, 0.15) is 43.1 Å². The number of aromatic nitrogens is 1. The first kappa shape index (κ1) is 20.6. The van der Waals surface area contributed by atoms with E-state index in [4.69, 9.17) is 17.0 Å². The van der Waals surface area contributed by atoms with E-state index in [1.54, 1.807) is 6.08 Å². The molecule has 0 bridgehead atoms. The summed E-state index contributed by atoms with van der Waals surface area (Å²) in [5.74, 6) is -0.338. The molecule has 30 heavy (non-hydrogen) atoms. The van der Waals surface area contributed by atoms with E-state index in [1.807, 2.05) is 44.2 Å². The molecular weight excluding hydrogens is 418 g/mol. The Hall–Kier alpha value is -2.64. The summed E-state index contributed by atoms with van der Waals surface area (Å²) in [4.78, 5) is 16.9. The number of hydrogen-bond donors (Lipinski definition) is 1. The minimum Gasteiger partial charge on any atom is -0.318 e. The van der Waals surface area contributed by atoms with Crippen molar-refractivity contribution >= 4 is 51.4 Å². The van der Waals surface area contributed by atoms with Crippen LogP contribution in [0.5, 0.6) is 0 Å². The van der Waals surface area contributed by atoms with Crippen molar-refractivity contribution in [2.75, 3.05) is 0 Å². The van der Waals surface area contributed by atoms with Crippen molar-refractivity contribution in [3.05, 3.63) is 57.9 Å². The third kappa shape index (κ3) is 3.75. The van der Waals surface area contributed by atoms with Gasteiger partial charge in [-0.2, -0.15) is 15.1 Å². The standard InChI is InChI=1S/C22H22ClN5OS/c1-4-5-9-19-26-28-20(24)18(21(29)25-22(28)30-19)11-15-10-13(2)27(14(15)3)17-8-6-7-16(23)12-17/h6-8,10-12,24H,4-5,9H2,1-3H3/b18-11-,24-20?. The molecule has 2 aliphatic heterocycles. The minimum absolute atomic E-state index is 0.0663. The van der Waals surface area contributed by atoms with Gasteiger partial charge in [-0.1, -0.05) is 31.0 Å². The fraction of sp³-hybridized carbons (Fsp3) is 0.273. The Labute approximate surface area is 184 Å². The SMILES string of the molecule is CCCCC1=NN2C(=N)/C(=C/c3cc(C)n(-c4cccc(Cl)c4)c3C)C(=O)N=C2S1. The Kier molecular flexibility index (Phi) is 5.66. The third-order valence-corrected chi connectivity index (χ3v) is 6.28. The van der Waals surface area contributed by atoms with Crippen molar-refractivity contribution < 1.29 is 4.79 Å². The molecular formula is C22H22ClN5OS. The number of hydrogen-bond acceptors (Lipinski definition) is 4. The average molecular weight is 440 g/mol. The third-order valence-electron chi connectivity index (χ3n) is 5.08. The van der Waals surface area contributed by atoms with Gasteiger partial charge in [-0.15, -0.1) is 0 Å². The molecule has 0 aliphatic carbocycles. The van der Waals surface area contributed by atoms with Crippen LogP contribution in [0.4, 0.5) is 0 Å². The predicted octanol–water partition coefficient (Wildman–Crippen LogP) is 5.56. The summed E-state index contributed by atoms with van der Waals surface area (Å²) in [5.41, 5.74) is 4.03. The summed E-state index contributed by atoms with van der Waals surface area (Å²) < 4.78 is 2.08. The van der Waals surface area contributed by atoms with Gasteiger partial charge < -0.3 is 4.57 Å². The zero-order valence-corrected chi connectivity index (χ0v) is 18.6. The van der Waals surface area contributed by atoms with E-state index in [0.29, 0.717) is 10.2 Å². The number of benzene rings is 1. The highest BCUT2D eigenvalue weighted by Crippen LogP contribution is 2.31. The number of unbranched alkanes of at least 4 members (excludes halogenated alkanes) is 1. The van der Waals surface area contributed by atoms with Gasteiger partial charge in [0.2, 0.25) is 5.17 Å². The van der Waals surface area contributed by atoms with E-state index in [0.717, 1.165) is 46.9 Å². The summed E-state index contributed by atoms with van der Waals surface area (Å²) in [6.07, 6.45) is 4.65. The topological polar surface area (TPSA) is 73.8 Å². The number of nitrogens with zero attached hydrogens (tertiary/aromatic N) is 4. The number of amidine groups is 2. The molecule has 154 valence electrons. The number of hydrazone groups is 1. The average Bonchev–Trinajstić information content (AvgIpc) is 3.23. The van der Waals surface area contributed by atoms with Crippen LogP contribution in [0.25, 0.3) is 11.8 Å². The van der Waals surface area contributed by atoms with E-state index in [9.17, 15) is 4.79 Å². The normalized spacial score (nSPS) is 17.5. The van der Waals surface area contributed by atoms with Crippen LogP contribution in [0.2, 0.25) is 5.02 Å². The molecule has 6 nitrogen and oxygen atoms in total. The Morgan fingerprint density at radius 3 is 2.80 bits per heavy atom. The second kappa shape index (κ2) is 8.24. The Morgan fingerprint density at radius 2 is 2.07 bits per heavy atom. The van der Waals surface area contributed by atoms with Gasteiger partial charge in [0.1, 0.15) is 5.04 Å². The molecule has 1 amide bonds. The van der Waals surface area contributed by atoms with Gasteiger partial charge in [0.15, 0.2) is 5.84 Å². The Bertz CT molecular complexity index is 1140. The summed E-state index contributed by atoms with van der Waals surface area (Å²) in [5, 5.41) is 16.6. The lowest BCUT2D eigenvalue weighted by Crippen LogP contribution is -2.35. The number of halogens is 1. The number of aliphatic imine (C=N–C) groups is 1. The van der Waals surface area contributed by atoms with Crippen molar-refractivity contribution in [3.8, 4) is 5.69 Å². The first-order valence-electron chi connectivity index (χ1n) is 9.83. The summed E-state index contributed by atoms with van der Waals surface area (Å²) >= 11 is 7.54. The smallest absolute Gasteiger partial charge is 0.283 e. The van der Waals surface area contributed by atoms with Gasteiger partial charge in [0.05, 0.1) is 5.57 Å². The van der Waals surface area contributed by atoms with E-state index >= 15 is 0 Å². The van der Waals surface area contributed by atoms with E-state index in [-0.39, 0.29) is 11.4 Å². The molecule has 1 aromatic carbocycles. The van der Waals surface area contributed by atoms with Crippen LogP contribution in [0, 0.1) is 19.3 Å². The number of nitrogens with one attached hydrogen (secondary N) is 1. The van der Waals surface area contributed by atoms with Crippen molar-refractivity contribution in [1.82, 2.24) is 9.58 Å². The maximum absolute atomic E-state index is 12.7. The van der Waals surface area contributed by atoms with Gasteiger partial charge in [-0.05, 0) is 74.4 Å². The monoisotopic (exact) mass is 439 g/mol. The molecule has 4 rings (SSSR count). The number of carbonyl (C=O) groups is 1. The van der Waals surface area contributed by atoms with Gasteiger partial charge in [0.25, 0.3) is 5.91 Å². The molecule has 0 atom stereocenters. The molecule has 8 heteroatoms. The maximum Gasteiger partial charge on any atom is 0.283 e. The number of rotatable bonds is 5. The summed E-state index contributed by atoms with van der Waals surface area (Å²) in [6, 6.07) is 9.63. The number of thioether (sulfide) groups is 1. The van der Waals surface area contributed by atoms with Crippen molar-refractivity contribution in [2.24, 2.45) is 10.1 Å².